The zero-order chi connectivity index (χ0) is 14.3. The van der Waals surface area contributed by atoms with Crippen LogP contribution in [0.3, 0.4) is 0 Å². The molecule has 1 aromatic rings. The number of ether oxygens (including phenoxy) is 1. The maximum absolute atomic E-state index is 11.9. The van der Waals surface area contributed by atoms with Crippen molar-refractivity contribution in [3.05, 3.63) is 35.4 Å². The Bertz CT molecular complexity index is 443. The molecule has 1 amide bonds. The topological polar surface area (TPSA) is 55.4 Å². The molecule has 0 saturated heterocycles. The van der Waals surface area contributed by atoms with E-state index in [4.69, 9.17) is 0 Å². The van der Waals surface area contributed by atoms with Gasteiger partial charge in [-0.25, -0.2) is 0 Å². The number of rotatable bonds is 6. The van der Waals surface area contributed by atoms with Gasteiger partial charge in [-0.05, 0) is 18.9 Å². The molecule has 4 nitrogen and oxygen atoms in total. The third-order valence-electron chi connectivity index (χ3n) is 2.95. The standard InChI is InChI=1S/C15H21NO3/c1-4-13(10-15(18)19-3)16-14(17)9-12-7-5-6-11(2)8-12/h5-8,13H,4,9-10H2,1-3H3,(H,16,17). The molecule has 19 heavy (non-hydrogen) atoms. The van der Waals surface area contributed by atoms with Gasteiger partial charge in [-0.2, -0.15) is 0 Å². The van der Waals surface area contributed by atoms with E-state index in [-0.39, 0.29) is 24.3 Å². The lowest BCUT2D eigenvalue weighted by Crippen LogP contribution is -2.37. The van der Waals surface area contributed by atoms with Gasteiger partial charge in [-0.3, -0.25) is 9.59 Å². The summed E-state index contributed by atoms with van der Waals surface area (Å²) in [6, 6.07) is 7.68. The molecule has 1 atom stereocenters. The van der Waals surface area contributed by atoms with Gasteiger partial charge in [0.15, 0.2) is 0 Å². The van der Waals surface area contributed by atoms with Crippen LogP contribution in [0.15, 0.2) is 24.3 Å². The molecule has 0 fully saturated rings. The Morgan fingerprint density at radius 1 is 1.37 bits per heavy atom. The Balaban J connectivity index is 2.51. The van der Waals surface area contributed by atoms with Crippen molar-refractivity contribution in [2.45, 2.75) is 39.2 Å². The van der Waals surface area contributed by atoms with Crippen molar-refractivity contribution in [3.8, 4) is 0 Å². The normalized spacial score (nSPS) is 11.7. The largest absolute Gasteiger partial charge is 0.469 e. The molecule has 1 rings (SSSR count). The van der Waals surface area contributed by atoms with Crippen molar-refractivity contribution in [2.75, 3.05) is 7.11 Å². The number of methoxy groups -OCH3 is 1. The van der Waals surface area contributed by atoms with Crippen molar-refractivity contribution in [3.63, 3.8) is 0 Å². The SMILES string of the molecule is CCC(CC(=O)OC)NC(=O)Cc1cccc(C)c1. The summed E-state index contributed by atoms with van der Waals surface area (Å²) >= 11 is 0. The van der Waals surface area contributed by atoms with Crippen molar-refractivity contribution >= 4 is 11.9 Å². The molecular weight excluding hydrogens is 242 g/mol. The van der Waals surface area contributed by atoms with E-state index in [1.54, 1.807) is 0 Å². The summed E-state index contributed by atoms with van der Waals surface area (Å²) in [5, 5.41) is 2.86. The lowest BCUT2D eigenvalue weighted by molar-refractivity contribution is -0.141. The summed E-state index contributed by atoms with van der Waals surface area (Å²) in [6.45, 7) is 3.92. The van der Waals surface area contributed by atoms with Crippen LogP contribution in [-0.2, 0) is 20.7 Å². The quantitative estimate of drug-likeness (QED) is 0.799. The molecule has 1 unspecified atom stereocenters. The number of carbonyl (C=O) groups is 2. The number of esters is 1. The van der Waals surface area contributed by atoms with Gasteiger partial charge >= 0.3 is 5.97 Å². The first kappa shape index (κ1) is 15.2. The summed E-state index contributed by atoms with van der Waals surface area (Å²) in [6.07, 6.45) is 1.25. The van der Waals surface area contributed by atoms with Gasteiger partial charge in [0.25, 0.3) is 0 Å². The van der Waals surface area contributed by atoms with Crippen LogP contribution in [0.5, 0.6) is 0 Å². The van der Waals surface area contributed by atoms with Gasteiger partial charge in [0, 0.05) is 6.04 Å². The summed E-state index contributed by atoms with van der Waals surface area (Å²) < 4.78 is 4.61. The highest BCUT2D eigenvalue weighted by Crippen LogP contribution is 2.06. The first-order valence-corrected chi connectivity index (χ1v) is 6.46. The van der Waals surface area contributed by atoms with Crippen LogP contribution in [0, 0.1) is 6.92 Å². The van der Waals surface area contributed by atoms with Gasteiger partial charge < -0.3 is 10.1 Å². The highest BCUT2D eigenvalue weighted by atomic mass is 16.5. The first-order chi connectivity index (χ1) is 9.05. The second-order valence-corrected chi connectivity index (χ2v) is 4.62. The number of nitrogens with one attached hydrogen (secondary N) is 1. The third kappa shape index (κ3) is 5.55. The minimum absolute atomic E-state index is 0.0682. The second-order valence-electron chi connectivity index (χ2n) is 4.62. The lowest BCUT2D eigenvalue weighted by Gasteiger charge is -2.15. The highest BCUT2D eigenvalue weighted by Gasteiger charge is 2.15. The van der Waals surface area contributed by atoms with Crippen molar-refractivity contribution in [1.82, 2.24) is 5.32 Å². The van der Waals surface area contributed by atoms with E-state index in [2.05, 4.69) is 10.1 Å². The molecule has 4 heteroatoms. The maximum atomic E-state index is 11.9. The van der Waals surface area contributed by atoms with Crippen LogP contribution in [0.25, 0.3) is 0 Å². The molecule has 0 spiro atoms. The molecule has 0 aliphatic rings. The molecule has 1 N–H and O–H groups in total. The Hall–Kier alpha value is -1.84. The molecule has 0 aromatic heterocycles. The zero-order valence-electron chi connectivity index (χ0n) is 11.7. The van der Waals surface area contributed by atoms with E-state index in [1.165, 1.54) is 7.11 Å². The fraction of sp³-hybridized carbons (Fsp3) is 0.467. The van der Waals surface area contributed by atoms with Crippen LogP contribution < -0.4 is 5.32 Å². The van der Waals surface area contributed by atoms with Crippen molar-refractivity contribution < 1.29 is 14.3 Å². The Morgan fingerprint density at radius 3 is 2.68 bits per heavy atom. The van der Waals surface area contributed by atoms with Crippen LogP contribution in [0.1, 0.15) is 30.9 Å². The fourth-order valence-electron chi connectivity index (χ4n) is 1.87. The van der Waals surface area contributed by atoms with Gasteiger partial charge in [-0.15, -0.1) is 0 Å². The summed E-state index contributed by atoms with van der Waals surface area (Å²) in [4.78, 5) is 23.1. The summed E-state index contributed by atoms with van der Waals surface area (Å²) in [5.74, 6) is -0.371. The molecular formula is C15H21NO3. The van der Waals surface area contributed by atoms with Crippen LogP contribution in [-0.4, -0.2) is 25.0 Å². The van der Waals surface area contributed by atoms with E-state index in [0.717, 1.165) is 11.1 Å². The predicted octanol–water partition coefficient (Wildman–Crippen LogP) is 2.00. The Labute approximate surface area is 114 Å². The van der Waals surface area contributed by atoms with E-state index < -0.39 is 0 Å². The van der Waals surface area contributed by atoms with Gasteiger partial charge in [0.1, 0.15) is 0 Å². The molecule has 1 aromatic carbocycles. The number of amides is 1. The molecule has 0 aliphatic heterocycles. The Kier molecular flexibility index (Phi) is 6.06. The minimum atomic E-state index is -0.303. The third-order valence-corrected chi connectivity index (χ3v) is 2.95. The number of hydrogen-bond donors (Lipinski definition) is 1. The molecule has 0 radical (unpaired) electrons. The molecule has 0 saturated carbocycles. The zero-order valence-corrected chi connectivity index (χ0v) is 11.7. The first-order valence-electron chi connectivity index (χ1n) is 6.46. The second kappa shape index (κ2) is 7.56. The smallest absolute Gasteiger partial charge is 0.307 e. The van der Waals surface area contributed by atoms with Crippen LogP contribution >= 0.6 is 0 Å². The van der Waals surface area contributed by atoms with Crippen LogP contribution in [0.4, 0.5) is 0 Å². The molecule has 0 aliphatic carbocycles. The van der Waals surface area contributed by atoms with Gasteiger partial charge in [0.2, 0.25) is 5.91 Å². The molecule has 0 bridgehead atoms. The number of carbonyl (C=O) groups excluding carboxylic acids is 2. The monoisotopic (exact) mass is 263 g/mol. The van der Waals surface area contributed by atoms with Crippen molar-refractivity contribution in [2.24, 2.45) is 0 Å². The van der Waals surface area contributed by atoms with Crippen LogP contribution in [0.2, 0.25) is 0 Å². The number of aryl methyl sites for hydroxylation is 1. The lowest BCUT2D eigenvalue weighted by atomic mass is 10.1. The van der Waals surface area contributed by atoms with E-state index >= 15 is 0 Å². The number of benzene rings is 1. The van der Waals surface area contributed by atoms with E-state index in [9.17, 15) is 9.59 Å². The molecule has 0 heterocycles. The minimum Gasteiger partial charge on any atom is -0.469 e. The van der Waals surface area contributed by atoms with E-state index in [0.29, 0.717) is 12.8 Å². The Morgan fingerprint density at radius 2 is 2.11 bits per heavy atom. The molecule has 104 valence electrons. The van der Waals surface area contributed by atoms with Gasteiger partial charge in [-0.1, -0.05) is 36.8 Å². The van der Waals surface area contributed by atoms with E-state index in [1.807, 2.05) is 38.1 Å². The van der Waals surface area contributed by atoms with Gasteiger partial charge in [0.05, 0.1) is 20.0 Å². The fourth-order valence-corrected chi connectivity index (χ4v) is 1.87. The number of hydrogen-bond acceptors (Lipinski definition) is 3. The average Bonchev–Trinajstić information content (AvgIpc) is 2.37. The maximum Gasteiger partial charge on any atom is 0.307 e. The van der Waals surface area contributed by atoms with Crippen molar-refractivity contribution in [1.29, 1.82) is 0 Å². The highest BCUT2D eigenvalue weighted by molar-refractivity contribution is 5.79. The predicted molar refractivity (Wildman–Crippen MR) is 73.7 cm³/mol. The summed E-state index contributed by atoms with van der Waals surface area (Å²) in [5.41, 5.74) is 2.11. The summed E-state index contributed by atoms with van der Waals surface area (Å²) in [7, 11) is 1.35. The average molecular weight is 263 g/mol.